The lowest BCUT2D eigenvalue weighted by molar-refractivity contribution is -0.136. The van der Waals surface area contributed by atoms with Crippen LogP contribution in [0.3, 0.4) is 0 Å². The summed E-state index contributed by atoms with van der Waals surface area (Å²) in [5.74, 6) is -0.407. The molecule has 0 saturated heterocycles. The van der Waals surface area contributed by atoms with Crippen LogP contribution < -0.4 is 4.74 Å². The summed E-state index contributed by atoms with van der Waals surface area (Å²) in [6, 6.07) is 9.04. The first-order valence-corrected chi connectivity index (χ1v) is 8.33. The maximum atomic E-state index is 10.7. The molecule has 3 rings (SSSR count). The zero-order valence-corrected chi connectivity index (χ0v) is 14.4. The lowest BCUT2D eigenvalue weighted by atomic mass is 10.1. The lowest BCUT2D eigenvalue weighted by Gasteiger charge is -2.17. The van der Waals surface area contributed by atoms with E-state index in [1.165, 1.54) is 0 Å². The van der Waals surface area contributed by atoms with Crippen LogP contribution in [0.2, 0.25) is 5.02 Å². The van der Waals surface area contributed by atoms with Gasteiger partial charge in [-0.2, -0.15) is 0 Å². The van der Waals surface area contributed by atoms with Gasteiger partial charge in [-0.25, -0.2) is 0 Å². The number of carbonyl (C=O) groups is 1. The number of ether oxygens (including phenoxy) is 1. The van der Waals surface area contributed by atoms with E-state index in [1.54, 1.807) is 18.3 Å². The Morgan fingerprint density at radius 1 is 1.40 bits per heavy atom. The van der Waals surface area contributed by atoms with Crippen molar-refractivity contribution in [1.29, 1.82) is 0 Å². The van der Waals surface area contributed by atoms with Crippen molar-refractivity contribution in [2.24, 2.45) is 0 Å². The van der Waals surface area contributed by atoms with Crippen LogP contribution in [0.5, 0.6) is 5.75 Å². The molecular weight excluding hydrogens is 344 g/mol. The van der Waals surface area contributed by atoms with E-state index in [9.17, 15) is 4.79 Å². The summed E-state index contributed by atoms with van der Waals surface area (Å²) in [6.45, 7) is 2.00. The van der Waals surface area contributed by atoms with Crippen LogP contribution >= 0.6 is 11.6 Å². The molecule has 0 aliphatic carbocycles. The minimum absolute atomic E-state index is 0.0188. The molecule has 130 valence electrons. The van der Waals surface area contributed by atoms with Crippen molar-refractivity contribution in [3.05, 3.63) is 52.9 Å². The molecule has 3 aromatic rings. The molecule has 1 N–H and O–H groups in total. The van der Waals surface area contributed by atoms with E-state index in [-0.39, 0.29) is 18.9 Å². The molecule has 7 heteroatoms. The van der Waals surface area contributed by atoms with Crippen LogP contribution in [0, 0.1) is 0 Å². The van der Waals surface area contributed by atoms with Gasteiger partial charge in [0.2, 0.25) is 0 Å². The van der Waals surface area contributed by atoms with E-state index in [2.05, 4.69) is 10.1 Å². The highest BCUT2D eigenvalue weighted by Gasteiger charge is 2.18. The molecule has 2 aromatic heterocycles. The number of halogens is 1. The minimum atomic E-state index is -0.886. The number of aliphatic carboxylic acids is 1. The molecule has 1 aromatic carbocycles. The molecule has 1 atom stereocenters. The number of benzene rings is 1. The third-order valence-corrected chi connectivity index (χ3v) is 4.13. The lowest BCUT2D eigenvalue weighted by Crippen LogP contribution is -2.08. The van der Waals surface area contributed by atoms with E-state index >= 15 is 0 Å². The molecule has 6 nitrogen and oxygen atoms in total. The van der Waals surface area contributed by atoms with Gasteiger partial charge in [-0.1, -0.05) is 29.7 Å². The number of aromatic nitrogens is 2. The number of fused-ring (bicyclic) bond motifs is 1. The molecule has 0 fully saturated rings. The molecule has 0 bridgehead atoms. The third kappa shape index (κ3) is 3.91. The molecule has 0 unspecified atom stereocenters. The Hall–Kier alpha value is -2.60. The van der Waals surface area contributed by atoms with E-state index < -0.39 is 5.97 Å². The molecule has 0 spiro atoms. The van der Waals surface area contributed by atoms with E-state index in [4.69, 9.17) is 26.0 Å². The van der Waals surface area contributed by atoms with Crippen LogP contribution in [0.25, 0.3) is 11.0 Å². The second-order valence-corrected chi connectivity index (χ2v) is 5.98. The number of hydrogen-bond acceptors (Lipinski definition) is 5. The SMILES string of the molecule is CC[C@H](Oc1cc2onc(CCC(=O)O)c2cc1Cl)c1ccccn1. The first-order chi connectivity index (χ1) is 12.1. The highest BCUT2D eigenvalue weighted by Crippen LogP contribution is 2.35. The van der Waals surface area contributed by atoms with Gasteiger partial charge in [0.25, 0.3) is 0 Å². The Morgan fingerprint density at radius 3 is 2.92 bits per heavy atom. The monoisotopic (exact) mass is 360 g/mol. The molecule has 0 saturated carbocycles. The van der Waals surface area contributed by atoms with Crippen LogP contribution in [0.1, 0.15) is 37.3 Å². The van der Waals surface area contributed by atoms with Crippen molar-refractivity contribution < 1.29 is 19.2 Å². The van der Waals surface area contributed by atoms with Gasteiger partial charge in [0.1, 0.15) is 11.9 Å². The summed E-state index contributed by atoms with van der Waals surface area (Å²) in [4.78, 5) is 15.1. The fourth-order valence-electron chi connectivity index (χ4n) is 2.56. The average molecular weight is 361 g/mol. The van der Waals surface area contributed by atoms with Crippen molar-refractivity contribution >= 4 is 28.5 Å². The summed E-state index contributed by atoms with van der Waals surface area (Å²) in [6.07, 6.45) is 2.48. The number of nitrogens with zero attached hydrogens (tertiary/aromatic N) is 2. The Kier molecular flexibility index (Phi) is 5.19. The summed E-state index contributed by atoms with van der Waals surface area (Å²) in [7, 11) is 0. The van der Waals surface area contributed by atoms with Gasteiger partial charge < -0.3 is 14.4 Å². The van der Waals surface area contributed by atoms with E-state index in [0.717, 1.165) is 12.1 Å². The van der Waals surface area contributed by atoms with Gasteiger partial charge in [0.15, 0.2) is 5.58 Å². The van der Waals surface area contributed by atoms with E-state index in [0.29, 0.717) is 27.4 Å². The fourth-order valence-corrected chi connectivity index (χ4v) is 2.77. The topological polar surface area (TPSA) is 85.5 Å². The van der Waals surface area contributed by atoms with Gasteiger partial charge in [-0.3, -0.25) is 9.78 Å². The second kappa shape index (κ2) is 7.53. The number of hydrogen-bond donors (Lipinski definition) is 1. The molecule has 0 aliphatic rings. The van der Waals surface area contributed by atoms with E-state index in [1.807, 2.05) is 25.1 Å². The molecular formula is C18H17ClN2O4. The molecule has 0 aliphatic heterocycles. The van der Waals surface area contributed by atoms with Gasteiger partial charge in [0, 0.05) is 24.1 Å². The standard InChI is InChI=1S/C18H17ClN2O4/c1-2-15(14-5-3-4-8-20-14)24-17-10-16-11(9-12(17)19)13(21-25-16)6-7-18(22)23/h3-5,8-10,15H,2,6-7H2,1H3,(H,22,23)/t15-/m0/s1. The van der Waals surface area contributed by atoms with Crippen molar-refractivity contribution in [3.8, 4) is 5.75 Å². The van der Waals surface area contributed by atoms with Crippen LogP contribution in [-0.4, -0.2) is 21.2 Å². The quantitative estimate of drug-likeness (QED) is 0.671. The normalized spacial score (nSPS) is 12.2. The first-order valence-electron chi connectivity index (χ1n) is 7.95. The smallest absolute Gasteiger partial charge is 0.303 e. The number of pyridine rings is 1. The van der Waals surface area contributed by atoms with Gasteiger partial charge in [-0.15, -0.1) is 0 Å². The molecule has 0 radical (unpaired) electrons. The third-order valence-electron chi connectivity index (χ3n) is 3.83. The van der Waals surface area contributed by atoms with Gasteiger partial charge in [0.05, 0.1) is 22.8 Å². The highest BCUT2D eigenvalue weighted by atomic mass is 35.5. The molecule has 2 heterocycles. The summed E-state index contributed by atoms with van der Waals surface area (Å²) in [5, 5.41) is 13.9. The van der Waals surface area contributed by atoms with Crippen LogP contribution in [0.4, 0.5) is 0 Å². The van der Waals surface area contributed by atoms with Crippen LogP contribution in [-0.2, 0) is 11.2 Å². The summed E-state index contributed by atoms with van der Waals surface area (Å²) >= 11 is 6.35. The van der Waals surface area contributed by atoms with Crippen molar-refractivity contribution in [2.75, 3.05) is 0 Å². The molecule has 0 amide bonds. The largest absolute Gasteiger partial charge is 0.482 e. The predicted octanol–water partition coefficient (Wildman–Crippen LogP) is 4.42. The van der Waals surface area contributed by atoms with Gasteiger partial charge >= 0.3 is 5.97 Å². The Balaban J connectivity index is 1.87. The molecule has 25 heavy (non-hydrogen) atoms. The van der Waals surface area contributed by atoms with Gasteiger partial charge in [-0.05, 0) is 24.6 Å². The Bertz CT molecular complexity index is 879. The predicted molar refractivity (Wildman–Crippen MR) is 92.9 cm³/mol. The zero-order valence-electron chi connectivity index (χ0n) is 13.6. The summed E-state index contributed by atoms with van der Waals surface area (Å²) < 4.78 is 11.3. The van der Waals surface area contributed by atoms with Crippen LogP contribution in [0.15, 0.2) is 41.1 Å². The number of carboxylic acid groups (broad SMARTS) is 1. The summed E-state index contributed by atoms with van der Waals surface area (Å²) in [5.41, 5.74) is 1.90. The maximum absolute atomic E-state index is 10.7. The number of aryl methyl sites for hydroxylation is 1. The average Bonchev–Trinajstić information content (AvgIpc) is 3.00. The second-order valence-electron chi connectivity index (χ2n) is 5.57. The maximum Gasteiger partial charge on any atom is 0.303 e. The van der Waals surface area contributed by atoms with Crippen molar-refractivity contribution in [2.45, 2.75) is 32.3 Å². The number of carboxylic acids is 1. The first kappa shape index (κ1) is 17.2. The Labute approximate surface area is 149 Å². The van der Waals surface area contributed by atoms with Crippen molar-refractivity contribution in [1.82, 2.24) is 10.1 Å². The Morgan fingerprint density at radius 2 is 2.24 bits per heavy atom. The fraction of sp³-hybridized carbons (Fsp3) is 0.278. The van der Waals surface area contributed by atoms with Crippen molar-refractivity contribution in [3.63, 3.8) is 0 Å². The minimum Gasteiger partial charge on any atom is -0.482 e. The highest BCUT2D eigenvalue weighted by molar-refractivity contribution is 6.32. The number of rotatable bonds is 7. The zero-order chi connectivity index (χ0) is 17.8.